The molecule has 0 saturated heterocycles. The van der Waals surface area contributed by atoms with Crippen LogP contribution in [0.25, 0.3) is 10.9 Å². The van der Waals surface area contributed by atoms with Crippen molar-refractivity contribution < 1.29 is 13.6 Å². The Labute approximate surface area is 141 Å². The average Bonchev–Trinajstić information content (AvgIpc) is 2.60. The van der Waals surface area contributed by atoms with Gasteiger partial charge in [0.25, 0.3) is 5.56 Å². The highest BCUT2D eigenvalue weighted by molar-refractivity contribution is 5.86. The van der Waals surface area contributed by atoms with Gasteiger partial charge >= 0.3 is 0 Å². The van der Waals surface area contributed by atoms with Crippen LogP contribution in [0.1, 0.15) is 18.3 Å². The molecule has 0 aliphatic carbocycles. The highest BCUT2D eigenvalue weighted by Crippen LogP contribution is 2.12. The van der Waals surface area contributed by atoms with E-state index >= 15 is 0 Å². The number of amides is 1. The van der Waals surface area contributed by atoms with Crippen molar-refractivity contribution in [3.8, 4) is 0 Å². The standard InChI is InChI=1S/C18H15F2N3O2/c1-2-15-21-17-13(4-3-5-14(17)20)18(25)23(15)22-16(24)10-11-6-8-12(19)9-7-11/h3-9H,2,10H2,1H3,(H,22,24). The maximum atomic E-state index is 13.9. The zero-order valence-electron chi connectivity index (χ0n) is 13.4. The number of para-hydroxylation sites is 1. The molecule has 5 nitrogen and oxygen atoms in total. The van der Waals surface area contributed by atoms with E-state index in [0.717, 1.165) is 4.68 Å². The molecule has 3 rings (SSSR count). The minimum absolute atomic E-state index is 0.0200. The van der Waals surface area contributed by atoms with Gasteiger partial charge in [-0.05, 0) is 29.8 Å². The van der Waals surface area contributed by atoms with Gasteiger partial charge in [-0.1, -0.05) is 25.1 Å². The van der Waals surface area contributed by atoms with Crippen molar-refractivity contribution in [2.45, 2.75) is 19.8 Å². The van der Waals surface area contributed by atoms with E-state index in [-0.39, 0.29) is 23.1 Å². The van der Waals surface area contributed by atoms with Crippen LogP contribution >= 0.6 is 0 Å². The van der Waals surface area contributed by atoms with E-state index in [2.05, 4.69) is 10.4 Å². The minimum atomic E-state index is -0.589. The Morgan fingerprint density at radius 3 is 2.56 bits per heavy atom. The predicted octanol–water partition coefficient (Wildman–Crippen LogP) is 2.55. The molecule has 1 amide bonds. The lowest BCUT2D eigenvalue weighted by molar-refractivity contribution is -0.116. The number of fused-ring (bicyclic) bond motifs is 1. The summed E-state index contributed by atoms with van der Waals surface area (Å²) < 4.78 is 27.8. The highest BCUT2D eigenvalue weighted by atomic mass is 19.1. The summed E-state index contributed by atoms with van der Waals surface area (Å²) in [6.45, 7) is 1.75. The molecule has 1 heterocycles. The Morgan fingerprint density at radius 1 is 1.16 bits per heavy atom. The zero-order chi connectivity index (χ0) is 18.0. The van der Waals surface area contributed by atoms with Gasteiger partial charge in [-0.25, -0.2) is 18.4 Å². The van der Waals surface area contributed by atoms with Crippen molar-refractivity contribution in [1.29, 1.82) is 0 Å². The number of aryl methyl sites for hydroxylation is 1. The summed E-state index contributed by atoms with van der Waals surface area (Å²) in [7, 11) is 0. The molecule has 7 heteroatoms. The fraction of sp³-hybridized carbons (Fsp3) is 0.167. The topological polar surface area (TPSA) is 64.0 Å². The molecule has 0 aliphatic rings. The third-order valence-corrected chi connectivity index (χ3v) is 3.75. The molecule has 2 aromatic carbocycles. The molecule has 25 heavy (non-hydrogen) atoms. The monoisotopic (exact) mass is 343 g/mol. The van der Waals surface area contributed by atoms with Gasteiger partial charge in [-0.3, -0.25) is 15.0 Å². The van der Waals surface area contributed by atoms with Crippen LogP contribution < -0.4 is 11.0 Å². The normalized spacial score (nSPS) is 10.8. The lowest BCUT2D eigenvalue weighted by Gasteiger charge is -2.13. The molecule has 0 fully saturated rings. The van der Waals surface area contributed by atoms with Gasteiger partial charge in [-0.15, -0.1) is 0 Å². The first kappa shape index (κ1) is 16.8. The number of nitrogens with one attached hydrogen (secondary N) is 1. The van der Waals surface area contributed by atoms with E-state index in [1.165, 1.54) is 42.5 Å². The maximum Gasteiger partial charge on any atom is 0.280 e. The minimum Gasteiger partial charge on any atom is -0.273 e. The molecule has 0 bridgehead atoms. The summed E-state index contributed by atoms with van der Waals surface area (Å²) in [5.74, 6) is -1.19. The van der Waals surface area contributed by atoms with Crippen molar-refractivity contribution in [2.75, 3.05) is 5.43 Å². The number of rotatable bonds is 4. The summed E-state index contributed by atoms with van der Waals surface area (Å²) in [5.41, 5.74) is 2.53. The largest absolute Gasteiger partial charge is 0.280 e. The van der Waals surface area contributed by atoms with Crippen LogP contribution in [0.15, 0.2) is 47.3 Å². The van der Waals surface area contributed by atoms with Crippen molar-refractivity contribution in [3.05, 3.63) is 75.8 Å². The average molecular weight is 343 g/mol. The fourth-order valence-electron chi connectivity index (χ4n) is 2.52. The second-order valence-corrected chi connectivity index (χ2v) is 5.50. The second-order valence-electron chi connectivity index (χ2n) is 5.50. The highest BCUT2D eigenvalue weighted by Gasteiger charge is 2.14. The first-order valence-corrected chi connectivity index (χ1v) is 7.74. The summed E-state index contributed by atoms with van der Waals surface area (Å²) in [6, 6.07) is 9.59. The smallest absolute Gasteiger partial charge is 0.273 e. The van der Waals surface area contributed by atoms with Crippen LogP contribution in [0, 0.1) is 11.6 Å². The number of carbonyl (C=O) groups excluding carboxylic acids is 1. The molecule has 1 aromatic heterocycles. The molecule has 0 atom stereocenters. The maximum absolute atomic E-state index is 13.9. The van der Waals surface area contributed by atoms with Crippen LogP contribution in [0.4, 0.5) is 8.78 Å². The van der Waals surface area contributed by atoms with E-state index in [9.17, 15) is 18.4 Å². The molecular formula is C18H15F2N3O2. The van der Waals surface area contributed by atoms with Crippen LogP contribution in [-0.4, -0.2) is 15.6 Å². The second kappa shape index (κ2) is 6.80. The van der Waals surface area contributed by atoms with Gasteiger partial charge in [0, 0.05) is 6.42 Å². The third kappa shape index (κ3) is 3.40. The van der Waals surface area contributed by atoms with Gasteiger partial charge in [0.1, 0.15) is 23.0 Å². The first-order chi connectivity index (χ1) is 12.0. The van der Waals surface area contributed by atoms with E-state index < -0.39 is 23.1 Å². The third-order valence-electron chi connectivity index (χ3n) is 3.75. The fourth-order valence-corrected chi connectivity index (χ4v) is 2.52. The summed E-state index contributed by atoms with van der Waals surface area (Å²) in [5, 5.41) is 0.0827. The number of aromatic nitrogens is 2. The van der Waals surface area contributed by atoms with Gasteiger partial charge in [0.2, 0.25) is 5.91 Å². The lowest BCUT2D eigenvalue weighted by atomic mass is 10.1. The molecule has 128 valence electrons. The van der Waals surface area contributed by atoms with E-state index in [1.54, 1.807) is 6.92 Å². The SMILES string of the molecule is CCc1nc2c(F)cccc2c(=O)n1NC(=O)Cc1ccc(F)cc1. The summed E-state index contributed by atoms with van der Waals surface area (Å²) in [6.07, 6.45) is 0.299. The van der Waals surface area contributed by atoms with E-state index in [4.69, 9.17) is 0 Å². The number of carbonyl (C=O) groups is 1. The van der Waals surface area contributed by atoms with Crippen LogP contribution in [0.2, 0.25) is 0 Å². The molecule has 0 saturated carbocycles. The van der Waals surface area contributed by atoms with Gasteiger partial charge in [0.05, 0.1) is 11.8 Å². The number of benzene rings is 2. The Bertz CT molecular complexity index is 998. The Hall–Kier alpha value is -3.09. The number of hydrogen-bond acceptors (Lipinski definition) is 3. The molecule has 1 N–H and O–H groups in total. The molecule has 0 radical (unpaired) electrons. The molecular weight excluding hydrogens is 328 g/mol. The van der Waals surface area contributed by atoms with Gasteiger partial charge < -0.3 is 0 Å². The van der Waals surface area contributed by atoms with Crippen molar-refractivity contribution in [2.24, 2.45) is 0 Å². The zero-order valence-corrected chi connectivity index (χ0v) is 13.4. The number of nitrogens with zero attached hydrogens (tertiary/aromatic N) is 2. The summed E-state index contributed by atoms with van der Waals surface area (Å²) >= 11 is 0. The van der Waals surface area contributed by atoms with Crippen molar-refractivity contribution >= 4 is 16.8 Å². The van der Waals surface area contributed by atoms with Crippen LogP contribution in [0.5, 0.6) is 0 Å². The lowest BCUT2D eigenvalue weighted by Crippen LogP contribution is -2.37. The Morgan fingerprint density at radius 2 is 1.88 bits per heavy atom. The van der Waals surface area contributed by atoms with E-state index in [0.29, 0.717) is 12.0 Å². The number of halogens is 2. The Balaban J connectivity index is 1.95. The Kier molecular flexibility index (Phi) is 4.56. The van der Waals surface area contributed by atoms with Crippen molar-refractivity contribution in [1.82, 2.24) is 9.66 Å². The van der Waals surface area contributed by atoms with E-state index in [1.807, 2.05) is 0 Å². The van der Waals surface area contributed by atoms with Crippen molar-refractivity contribution in [3.63, 3.8) is 0 Å². The predicted molar refractivity (Wildman–Crippen MR) is 89.8 cm³/mol. The number of hydrogen-bond donors (Lipinski definition) is 1. The molecule has 3 aromatic rings. The molecule has 0 unspecified atom stereocenters. The van der Waals surface area contributed by atoms with Crippen LogP contribution in [0.3, 0.4) is 0 Å². The first-order valence-electron chi connectivity index (χ1n) is 7.74. The van der Waals surface area contributed by atoms with Gasteiger partial charge in [-0.2, -0.15) is 0 Å². The van der Waals surface area contributed by atoms with Gasteiger partial charge in [0.15, 0.2) is 0 Å². The van der Waals surface area contributed by atoms with Crippen LogP contribution in [-0.2, 0) is 17.6 Å². The quantitative estimate of drug-likeness (QED) is 0.792. The summed E-state index contributed by atoms with van der Waals surface area (Å²) in [4.78, 5) is 29.0. The molecule has 0 aliphatic heterocycles. The molecule has 0 spiro atoms.